The molecule has 4 rings (SSSR count). The lowest BCUT2D eigenvalue weighted by atomic mass is 10.1. The van der Waals surface area contributed by atoms with Crippen molar-refractivity contribution in [3.63, 3.8) is 0 Å². The van der Waals surface area contributed by atoms with Crippen LogP contribution in [0.2, 0.25) is 0 Å². The Labute approximate surface area is 176 Å². The second-order valence-electron chi connectivity index (χ2n) is 7.59. The van der Waals surface area contributed by atoms with Crippen LogP contribution in [0.1, 0.15) is 36.1 Å². The number of hydrogen-bond acceptors (Lipinski definition) is 1. The van der Waals surface area contributed by atoms with Crippen LogP contribution in [0.15, 0.2) is 85.1 Å². The molecule has 0 aliphatic rings. The van der Waals surface area contributed by atoms with E-state index in [9.17, 15) is 9.18 Å². The van der Waals surface area contributed by atoms with Gasteiger partial charge in [0, 0.05) is 29.1 Å². The van der Waals surface area contributed by atoms with Crippen molar-refractivity contribution < 1.29 is 9.18 Å². The minimum atomic E-state index is -0.203. The normalized spacial score (nSPS) is 12.1. The fourth-order valence-corrected chi connectivity index (χ4v) is 3.85. The highest BCUT2D eigenvalue weighted by atomic mass is 19.1. The third-order valence-electron chi connectivity index (χ3n) is 5.47. The van der Waals surface area contributed by atoms with Crippen molar-refractivity contribution in [2.75, 3.05) is 0 Å². The number of carbonyl (C=O) groups excluding carboxylic acids is 1. The fraction of sp³-hybridized carbons (Fsp3) is 0.192. The van der Waals surface area contributed by atoms with Crippen LogP contribution in [0.25, 0.3) is 10.9 Å². The number of benzene rings is 3. The highest BCUT2D eigenvalue weighted by Crippen LogP contribution is 2.24. The molecule has 0 unspecified atom stereocenters. The molecule has 3 nitrogen and oxygen atoms in total. The van der Waals surface area contributed by atoms with E-state index in [0.717, 1.165) is 22.0 Å². The van der Waals surface area contributed by atoms with Crippen LogP contribution in [0.5, 0.6) is 0 Å². The molecule has 4 aromatic rings. The van der Waals surface area contributed by atoms with E-state index in [1.807, 2.05) is 73.8 Å². The van der Waals surface area contributed by atoms with Crippen molar-refractivity contribution in [2.24, 2.45) is 0 Å². The third-order valence-corrected chi connectivity index (χ3v) is 5.47. The summed E-state index contributed by atoms with van der Waals surface area (Å²) in [6.07, 6.45) is 3.09. The fourth-order valence-electron chi connectivity index (χ4n) is 3.85. The van der Waals surface area contributed by atoms with Gasteiger partial charge in [0.25, 0.3) is 0 Å². The van der Waals surface area contributed by atoms with Crippen LogP contribution in [-0.4, -0.2) is 10.5 Å². The van der Waals surface area contributed by atoms with Gasteiger partial charge in [0.05, 0.1) is 12.6 Å². The van der Waals surface area contributed by atoms with Gasteiger partial charge in [-0.05, 0) is 36.6 Å². The molecule has 1 aromatic heterocycles. The van der Waals surface area contributed by atoms with Crippen LogP contribution in [0, 0.1) is 5.82 Å². The molecule has 30 heavy (non-hydrogen) atoms. The van der Waals surface area contributed by atoms with Crippen molar-refractivity contribution in [2.45, 2.75) is 32.4 Å². The summed E-state index contributed by atoms with van der Waals surface area (Å²) in [7, 11) is 0. The van der Waals surface area contributed by atoms with E-state index in [2.05, 4.69) is 16.0 Å². The molecule has 0 saturated heterocycles. The van der Waals surface area contributed by atoms with Crippen LogP contribution in [0.4, 0.5) is 4.39 Å². The first-order chi connectivity index (χ1) is 14.6. The number of carbonyl (C=O) groups is 1. The summed E-state index contributed by atoms with van der Waals surface area (Å²) in [4.78, 5) is 12.5. The van der Waals surface area contributed by atoms with Crippen molar-refractivity contribution in [3.05, 3.63) is 108 Å². The largest absolute Gasteiger partial charge is 0.350 e. The maximum atomic E-state index is 14.1. The number of hydrogen-bond donors (Lipinski definition) is 1. The number of rotatable bonds is 7. The van der Waals surface area contributed by atoms with E-state index in [-0.39, 0.29) is 17.8 Å². The summed E-state index contributed by atoms with van der Waals surface area (Å²) in [5.41, 5.74) is 3.89. The average molecular weight is 400 g/mol. The summed E-state index contributed by atoms with van der Waals surface area (Å²) in [5.74, 6) is -0.177. The molecule has 0 radical (unpaired) electrons. The lowest BCUT2D eigenvalue weighted by Gasteiger charge is -2.14. The lowest BCUT2D eigenvalue weighted by molar-refractivity contribution is -0.121. The molecule has 3 aromatic carbocycles. The van der Waals surface area contributed by atoms with Crippen LogP contribution >= 0.6 is 0 Å². The zero-order chi connectivity index (χ0) is 20.9. The summed E-state index contributed by atoms with van der Waals surface area (Å²) in [6, 6.07) is 24.8. The van der Waals surface area contributed by atoms with E-state index in [1.54, 1.807) is 6.07 Å². The smallest absolute Gasteiger partial charge is 0.220 e. The summed E-state index contributed by atoms with van der Waals surface area (Å²) in [5, 5.41) is 4.18. The van der Waals surface area contributed by atoms with E-state index >= 15 is 0 Å². The van der Waals surface area contributed by atoms with Crippen LogP contribution in [0.3, 0.4) is 0 Å². The predicted molar refractivity (Wildman–Crippen MR) is 119 cm³/mol. The number of nitrogens with zero attached hydrogens (tertiary/aromatic N) is 1. The van der Waals surface area contributed by atoms with Gasteiger partial charge >= 0.3 is 0 Å². The van der Waals surface area contributed by atoms with E-state index in [4.69, 9.17) is 0 Å². The molecule has 1 N–H and O–H groups in total. The highest BCUT2D eigenvalue weighted by molar-refractivity contribution is 5.85. The Morgan fingerprint density at radius 1 is 0.933 bits per heavy atom. The number of halogens is 1. The molecule has 1 heterocycles. The van der Waals surface area contributed by atoms with Gasteiger partial charge in [-0.3, -0.25) is 4.79 Å². The van der Waals surface area contributed by atoms with E-state index in [1.165, 1.54) is 6.07 Å². The molecule has 0 aliphatic heterocycles. The first-order valence-electron chi connectivity index (χ1n) is 10.3. The zero-order valence-corrected chi connectivity index (χ0v) is 17.0. The van der Waals surface area contributed by atoms with Gasteiger partial charge in [-0.1, -0.05) is 66.7 Å². The average Bonchev–Trinajstić information content (AvgIpc) is 3.12. The molecule has 152 valence electrons. The molecule has 0 saturated carbocycles. The molecule has 1 amide bonds. The molecule has 4 heteroatoms. The molecule has 0 fully saturated rings. The number of aryl methyl sites for hydroxylation is 1. The lowest BCUT2D eigenvalue weighted by Crippen LogP contribution is -2.26. The standard InChI is InChI=1S/C26H25FN2O/c1-19(20-9-3-2-4-10-20)28-26(30)16-15-21-17-29(25-14-8-6-12-23(21)25)18-22-11-5-7-13-24(22)27/h2-14,17,19H,15-16,18H2,1H3,(H,28,30)/t19-/m1/s1. The van der Waals surface area contributed by atoms with Gasteiger partial charge in [0.1, 0.15) is 5.82 Å². The topological polar surface area (TPSA) is 34.0 Å². The number of para-hydroxylation sites is 1. The molecule has 0 spiro atoms. The number of fused-ring (bicyclic) bond motifs is 1. The molecule has 0 bridgehead atoms. The summed E-state index contributed by atoms with van der Waals surface area (Å²) in [6.45, 7) is 2.46. The van der Waals surface area contributed by atoms with Crippen molar-refractivity contribution >= 4 is 16.8 Å². The third kappa shape index (κ3) is 4.43. The van der Waals surface area contributed by atoms with Crippen molar-refractivity contribution in [1.29, 1.82) is 0 Å². The maximum absolute atomic E-state index is 14.1. The summed E-state index contributed by atoms with van der Waals surface area (Å²) < 4.78 is 16.2. The van der Waals surface area contributed by atoms with Crippen LogP contribution < -0.4 is 5.32 Å². The molecule has 0 aliphatic carbocycles. The van der Waals surface area contributed by atoms with Crippen molar-refractivity contribution in [1.82, 2.24) is 9.88 Å². The Bertz CT molecular complexity index is 1150. The predicted octanol–water partition coefficient (Wildman–Crippen LogP) is 5.64. The SMILES string of the molecule is C[C@@H](NC(=O)CCc1cn(Cc2ccccc2F)c2ccccc12)c1ccccc1. The Kier molecular flexibility index (Phi) is 5.94. The zero-order valence-electron chi connectivity index (χ0n) is 17.0. The van der Waals surface area contributed by atoms with Crippen molar-refractivity contribution in [3.8, 4) is 0 Å². The monoisotopic (exact) mass is 400 g/mol. The maximum Gasteiger partial charge on any atom is 0.220 e. The second kappa shape index (κ2) is 8.95. The minimum Gasteiger partial charge on any atom is -0.350 e. The Balaban J connectivity index is 1.48. The Morgan fingerprint density at radius 3 is 2.43 bits per heavy atom. The molecular formula is C26H25FN2O. The first kappa shape index (κ1) is 19.9. The Hall–Kier alpha value is -3.40. The quantitative estimate of drug-likeness (QED) is 0.428. The number of aromatic nitrogens is 1. The van der Waals surface area contributed by atoms with Gasteiger partial charge in [-0.15, -0.1) is 0 Å². The first-order valence-corrected chi connectivity index (χ1v) is 10.3. The number of nitrogens with one attached hydrogen (secondary N) is 1. The highest BCUT2D eigenvalue weighted by Gasteiger charge is 2.13. The minimum absolute atomic E-state index is 0.0253. The van der Waals surface area contributed by atoms with Gasteiger partial charge in [0.2, 0.25) is 5.91 Å². The Morgan fingerprint density at radius 2 is 1.63 bits per heavy atom. The van der Waals surface area contributed by atoms with Gasteiger partial charge in [-0.25, -0.2) is 4.39 Å². The van der Waals surface area contributed by atoms with E-state index < -0.39 is 0 Å². The second-order valence-corrected chi connectivity index (χ2v) is 7.59. The van der Waals surface area contributed by atoms with E-state index in [0.29, 0.717) is 24.9 Å². The molecular weight excluding hydrogens is 375 g/mol. The van der Waals surface area contributed by atoms with Gasteiger partial charge in [-0.2, -0.15) is 0 Å². The van der Waals surface area contributed by atoms with Gasteiger partial charge in [0.15, 0.2) is 0 Å². The number of amides is 1. The molecule has 1 atom stereocenters. The van der Waals surface area contributed by atoms with Crippen LogP contribution in [-0.2, 0) is 17.8 Å². The van der Waals surface area contributed by atoms with Gasteiger partial charge < -0.3 is 9.88 Å². The summed E-state index contributed by atoms with van der Waals surface area (Å²) >= 11 is 0.